The second kappa shape index (κ2) is 5.95. The zero-order valence-electron chi connectivity index (χ0n) is 10.7. The molecule has 1 aromatic heterocycles. The zero-order chi connectivity index (χ0) is 13.8. The normalized spacial score (nSPS) is 13.1. The second-order valence-corrected chi connectivity index (χ2v) is 5.73. The average Bonchev–Trinajstić information content (AvgIpc) is 2.66. The lowest BCUT2D eigenvalue weighted by Gasteiger charge is -2.20. The number of thiazole rings is 1. The molecule has 0 saturated carbocycles. The van der Waals surface area contributed by atoms with Gasteiger partial charge in [0.2, 0.25) is 0 Å². The number of ether oxygens (including phenoxy) is 1. The van der Waals surface area contributed by atoms with Gasteiger partial charge in [0.1, 0.15) is 5.60 Å². The molecule has 5 nitrogen and oxygen atoms in total. The van der Waals surface area contributed by atoms with E-state index in [0.717, 1.165) is 0 Å². The van der Waals surface area contributed by atoms with Gasteiger partial charge < -0.3 is 9.84 Å². The van der Waals surface area contributed by atoms with Gasteiger partial charge in [-0.25, -0.2) is 4.98 Å². The molecule has 6 heteroatoms. The first-order valence-corrected chi connectivity index (χ1v) is 6.54. The van der Waals surface area contributed by atoms with E-state index >= 15 is 0 Å². The minimum Gasteiger partial charge on any atom is -0.481 e. The van der Waals surface area contributed by atoms with Crippen LogP contribution in [0.2, 0.25) is 0 Å². The van der Waals surface area contributed by atoms with Gasteiger partial charge in [-0.05, 0) is 20.8 Å². The molecule has 0 aliphatic heterocycles. The van der Waals surface area contributed by atoms with Crippen molar-refractivity contribution >= 4 is 23.3 Å². The molecule has 0 bridgehead atoms. The zero-order valence-corrected chi connectivity index (χ0v) is 11.5. The summed E-state index contributed by atoms with van der Waals surface area (Å²) in [6.45, 7) is 5.25. The third kappa shape index (κ3) is 5.27. The Bertz CT molecular complexity index is 408. The molecule has 0 radical (unpaired) electrons. The number of aliphatic carboxylic acids is 1. The van der Waals surface area contributed by atoms with Crippen molar-refractivity contribution in [2.45, 2.75) is 39.2 Å². The number of hydrogen-bond donors (Lipinski definition) is 1. The van der Waals surface area contributed by atoms with Crippen LogP contribution in [0.4, 0.5) is 0 Å². The van der Waals surface area contributed by atoms with Gasteiger partial charge >= 0.3 is 11.9 Å². The van der Waals surface area contributed by atoms with Crippen LogP contribution < -0.4 is 0 Å². The van der Waals surface area contributed by atoms with Crippen molar-refractivity contribution in [2.24, 2.45) is 5.92 Å². The molecule has 0 fully saturated rings. The SMILES string of the molecule is CC(C)(C)OC(=O)CC(Cc1cscn1)C(=O)O. The molecule has 0 aliphatic rings. The van der Waals surface area contributed by atoms with Crippen LogP contribution in [0.3, 0.4) is 0 Å². The van der Waals surface area contributed by atoms with Gasteiger partial charge in [-0.15, -0.1) is 11.3 Å². The molecule has 18 heavy (non-hydrogen) atoms. The van der Waals surface area contributed by atoms with Gasteiger partial charge in [0.05, 0.1) is 23.5 Å². The van der Waals surface area contributed by atoms with E-state index in [0.29, 0.717) is 5.69 Å². The van der Waals surface area contributed by atoms with Crippen LogP contribution >= 0.6 is 11.3 Å². The fourth-order valence-electron chi connectivity index (χ4n) is 1.42. The number of carboxylic acid groups (broad SMARTS) is 1. The Morgan fingerprint density at radius 2 is 2.17 bits per heavy atom. The molecule has 1 atom stereocenters. The summed E-state index contributed by atoms with van der Waals surface area (Å²) < 4.78 is 5.12. The lowest BCUT2D eigenvalue weighted by molar-refractivity contribution is -0.159. The van der Waals surface area contributed by atoms with Gasteiger partial charge in [-0.3, -0.25) is 9.59 Å². The maximum Gasteiger partial charge on any atom is 0.307 e. The molecule has 1 aromatic rings. The van der Waals surface area contributed by atoms with Crippen molar-refractivity contribution in [3.8, 4) is 0 Å². The van der Waals surface area contributed by atoms with Crippen LogP contribution in [0.25, 0.3) is 0 Å². The molecule has 1 unspecified atom stereocenters. The molecule has 1 rings (SSSR count). The molecular formula is C12H17NO4S. The number of rotatable bonds is 5. The van der Waals surface area contributed by atoms with Gasteiger partial charge in [0.15, 0.2) is 0 Å². The smallest absolute Gasteiger partial charge is 0.307 e. The summed E-state index contributed by atoms with van der Waals surface area (Å²) in [5, 5.41) is 10.9. The van der Waals surface area contributed by atoms with Crippen molar-refractivity contribution < 1.29 is 19.4 Å². The van der Waals surface area contributed by atoms with Gasteiger partial charge in [0, 0.05) is 11.8 Å². The minimum absolute atomic E-state index is 0.135. The number of aromatic nitrogens is 1. The first-order chi connectivity index (χ1) is 8.28. The molecule has 1 heterocycles. The molecule has 0 saturated heterocycles. The Morgan fingerprint density at radius 1 is 1.50 bits per heavy atom. The summed E-state index contributed by atoms with van der Waals surface area (Å²) >= 11 is 1.40. The van der Waals surface area contributed by atoms with Crippen LogP contribution in [-0.2, 0) is 20.7 Å². The second-order valence-electron chi connectivity index (χ2n) is 5.01. The predicted octanol–water partition coefficient (Wildman–Crippen LogP) is 2.12. The van der Waals surface area contributed by atoms with Gasteiger partial charge in [0.25, 0.3) is 0 Å². The third-order valence-corrected chi connectivity index (χ3v) is 2.76. The van der Waals surface area contributed by atoms with Crippen molar-refractivity contribution in [1.29, 1.82) is 0 Å². The maximum atomic E-state index is 11.6. The van der Waals surface area contributed by atoms with Crippen LogP contribution in [0, 0.1) is 5.92 Å². The number of carbonyl (C=O) groups is 2. The first-order valence-electron chi connectivity index (χ1n) is 5.59. The third-order valence-electron chi connectivity index (χ3n) is 2.12. The summed E-state index contributed by atoms with van der Waals surface area (Å²) in [5.41, 5.74) is 1.73. The fourth-order valence-corrected chi connectivity index (χ4v) is 1.99. The van der Waals surface area contributed by atoms with E-state index in [-0.39, 0.29) is 12.8 Å². The molecule has 1 N–H and O–H groups in total. The van der Waals surface area contributed by atoms with E-state index in [2.05, 4.69) is 4.98 Å². The fraction of sp³-hybridized carbons (Fsp3) is 0.583. The molecular weight excluding hydrogens is 254 g/mol. The van der Waals surface area contributed by atoms with Crippen LogP contribution in [-0.4, -0.2) is 27.6 Å². The van der Waals surface area contributed by atoms with E-state index in [1.165, 1.54) is 11.3 Å². The quantitative estimate of drug-likeness (QED) is 0.830. The average molecular weight is 271 g/mol. The summed E-state index contributed by atoms with van der Waals surface area (Å²) in [7, 11) is 0. The summed E-state index contributed by atoms with van der Waals surface area (Å²) in [5.74, 6) is -2.29. The van der Waals surface area contributed by atoms with Crippen LogP contribution in [0.5, 0.6) is 0 Å². The number of carboxylic acids is 1. The Hall–Kier alpha value is -1.43. The van der Waals surface area contributed by atoms with Crippen LogP contribution in [0.1, 0.15) is 32.9 Å². The lowest BCUT2D eigenvalue weighted by atomic mass is 10.00. The van der Waals surface area contributed by atoms with Crippen molar-refractivity contribution in [1.82, 2.24) is 4.98 Å². The highest BCUT2D eigenvalue weighted by molar-refractivity contribution is 7.07. The van der Waals surface area contributed by atoms with E-state index in [1.54, 1.807) is 31.7 Å². The Labute approximate surface area is 110 Å². The number of esters is 1. The van der Waals surface area contributed by atoms with Crippen LogP contribution in [0.15, 0.2) is 10.9 Å². The topological polar surface area (TPSA) is 76.5 Å². The van der Waals surface area contributed by atoms with Crippen molar-refractivity contribution in [3.63, 3.8) is 0 Å². The van der Waals surface area contributed by atoms with Gasteiger partial charge in [-0.1, -0.05) is 0 Å². The summed E-state index contributed by atoms with van der Waals surface area (Å²) in [6, 6.07) is 0. The van der Waals surface area contributed by atoms with Gasteiger partial charge in [-0.2, -0.15) is 0 Å². The van der Waals surface area contributed by atoms with E-state index in [1.807, 2.05) is 0 Å². The molecule has 0 spiro atoms. The van der Waals surface area contributed by atoms with Crippen molar-refractivity contribution in [3.05, 3.63) is 16.6 Å². The van der Waals surface area contributed by atoms with E-state index in [4.69, 9.17) is 9.84 Å². The molecule has 0 aromatic carbocycles. The Kier molecular flexibility index (Phi) is 4.84. The molecule has 100 valence electrons. The number of nitrogens with zero attached hydrogens (tertiary/aromatic N) is 1. The summed E-state index contributed by atoms with van der Waals surface area (Å²) in [6.07, 6.45) is 0.113. The predicted molar refractivity (Wildman–Crippen MR) is 67.4 cm³/mol. The van der Waals surface area contributed by atoms with Crippen molar-refractivity contribution in [2.75, 3.05) is 0 Å². The van der Waals surface area contributed by atoms with E-state index in [9.17, 15) is 9.59 Å². The highest BCUT2D eigenvalue weighted by Crippen LogP contribution is 2.16. The standard InChI is InChI=1S/C12H17NO4S/c1-12(2,3)17-10(14)5-8(11(15)16)4-9-6-18-7-13-9/h6-8H,4-5H2,1-3H3,(H,15,16). The Balaban J connectivity index is 2.58. The number of carbonyl (C=O) groups excluding carboxylic acids is 1. The monoisotopic (exact) mass is 271 g/mol. The molecule has 0 aliphatic carbocycles. The molecule has 0 amide bonds. The largest absolute Gasteiger partial charge is 0.481 e. The number of hydrogen-bond acceptors (Lipinski definition) is 5. The highest BCUT2D eigenvalue weighted by Gasteiger charge is 2.25. The maximum absolute atomic E-state index is 11.6. The highest BCUT2D eigenvalue weighted by atomic mass is 32.1. The minimum atomic E-state index is -1.01. The Morgan fingerprint density at radius 3 is 2.61 bits per heavy atom. The first kappa shape index (κ1) is 14.6. The lowest BCUT2D eigenvalue weighted by Crippen LogP contribution is -2.28. The summed E-state index contributed by atoms with van der Waals surface area (Å²) in [4.78, 5) is 26.7. The van der Waals surface area contributed by atoms with E-state index < -0.39 is 23.5 Å².